The van der Waals surface area contributed by atoms with E-state index in [2.05, 4.69) is 0 Å². The summed E-state index contributed by atoms with van der Waals surface area (Å²) in [5, 5.41) is 0. The number of hydrogen-bond donors (Lipinski definition) is 0. The highest BCUT2D eigenvalue weighted by atomic mass is 35.7. The van der Waals surface area contributed by atoms with Gasteiger partial charge in [0.2, 0.25) is 9.05 Å². The van der Waals surface area contributed by atoms with Crippen LogP contribution in [0.5, 0.6) is 0 Å². The normalized spacial score (nSPS) is 11.1. The SMILES string of the molecule is CN(CCCS(=O)(=O)Cl)C(=O)OCc1ccccc1. The van der Waals surface area contributed by atoms with Gasteiger partial charge >= 0.3 is 6.09 Å². The second-order valence-electron chi connectivity index (χ2n) is 4.06. The fourth-order valence-corrected chi connectivity index (χ4v) is 2.20. The van der Waals surface area contributed by atoms with E-state index in [1.54, 1.807) is 7.05 Å². The van der Waals surface area contributed by atoms with E-state index in [4.69, 9.17) is 15.4 Å². The lowest BCUT2D eigenvalue weighted by atomic mass is 10.2. The number of hydrogen-bond acceptors (Lipinski definition) is 4. The van der Waals surface area contributed by atoms with Crippen LogP contribution >= 0.6 is 10.7 Å². The second kappa shape index (κ2) is 7.35. The van der Waals surface area contributed by atoms with Crippen LogP contribution in [0.3, 0.4) is 0 Å². The summed E-state index contributed by atoms with van der Waals surface area (Å²) in [5.41, 5.74) is 0.896. The maximum absolute atomic E-state index is 11.6. The van der Waals surface area contributed by atoms with Crippen LogP contribution in [0.25, 0.3) is 0 Å². The molecule has 0 N–H and O–H groups in total. The van der Waals surface area contributed by atoms with Crippen LogP contribution in [0.2, 0.25) is 0 Å². The number of ether oxygens (including phenoxy) is 1. The first-order valence-electron chi connectivity index (χ1n) is 5.72. The van der Waals surface area contributed by atoms with Crippen molar-refractivity contribution >= 4 is 25.8 Å². The van der Waals surface area contributed by atoms with Gasteiger partial charge in [0.05, 0.1) is 5.75 Å². The third-order valence-electron chi connectivity index (χ3n) is 2.40. The largest absolute Gasteiger partial charge is 0.445 e. The van der Waals surface area contributed by atoms with Gasteiger partial charge in [0, 0.05) is 24.3 Å². The lowest BCUT2D eigenvalue weighted by molar-refractivity contribution is 0.105. The van der Waals surface area contributed by atoms with E-state index in [-0.39, 0.29) is 25.3 Å². The van der Waals surface area contributed by atoms with Crippen LogP contribution in [-0.4, -0.2) is 38.8 Å². The van der Waals surface area contributed by atoms with Gasteiger partial charge in [-0.3, -0.25) is 0 Å². The number of carbonyl (C=O) groups is 1. The molecule has 1 aromatic rings. The molecule has 0 aliphatic rings. The Hall–Kier alpha value is -1.27. The molecule has 0 unspecified atom stereocenters. The van der Waals surface area contributed by atoms with Gasteiger partial charge in [0.25, 0.3) is 0 Å². The van der Waals surface area contributed by atoms with Crippen molar-refractivity contribution in [3.63, 3.8) is 0 Å². The van der Waals surface area contributed by atoms with E-state index < -0.39 is 15.1 Å². The molecule has 0 radical (unpaired) electrons. The fraction of sp³-hybridized carbons (Fsp3) is 0.417. The highest BCUT2D eigenvalue weighted by Crippen LogP contribution is 2.04. The number of halogens is 1. The lowest BCUT2D eigenvalue weighted by Gasteiger charge is -2.16. The van der Waals surface area contributed by atoms with Crippen molar-refractivity contribution in [3.05, 3.63) is 35.9 Å². The molecular formula is C12H16ClNO4S. The molecule has 1 aromatic carbocycles. The average molecular weight is 306 g/mol. The van der Waals surface area contributed by atoms with E-state index in [1.165, 1.54) is 4.90 Å². The maximum Gasteiger partial charge on any atom is 0.409 e. The van der Waals surface area contributed by atoms with Crippen molar-refractivity contribution in [1.82, 2.24) is 4.90 Å². The first kappa shape index (κ1) is 15.8. The van der Waals surface area contributed by atoms with E-state index >= 15 is 0 Å². The van der Waals surface area contributed by atoms with Crippen LogP contribution in [-0.2, 0) is 20.4 Å². The Morgan fingerprint density at radius 3 is 2.53 bits per heavy atom. The van der Waals surface area contributed by atoms with Crippen LogP contribution < -0.4 is 0 Å². The summed E-state index contributed by atoms with van der Waals surface area (Å²) in [6.45, 7) is 0.470. The minimum absolute atomic E-state index is 0.162. The Labute approximate surface area is 117 Å². The van der Waals surface area contributed by atoms with Gasteiger partial charge in [-0.15, -0.1) is 0 Å². The Balaban J connectivity index is 2.29. The Bertz CT molecular complexity index is 504. The van der Waals surface area contributed by atoms with E-state index in [9.17, 15) is 13.2 Å². The molecule has 1 amide bonds. The highest BCUT2D eigenvalue weighted by Gasteiger charge is 2.12. The quantitative estimate of drug-likeness (QED) is 0.756. The molecule has 7 heteroatoms. The number of nitrogens with zero attached hydrogens (tertiary/aromatic N) is 1. The average Bonchev–Trinajstić information content (AvgIpc) is 2.35. The number of benzene rings is 1. The lowest BCUT2D eigenvalue weighted by Crippen LogP contribution is -2.29. The molecule has 0 aliphatic heterocycles. The van der Waals surface area contributed by atoms with Crippen molar-refractivity contribution in [2.45, 2.75) is 13.0 Å². The predicted octanol–water partition coefficient (Wildman–Crippen LogP) is 2.21. The van der Waals surface area contributed by atoms with Gasteiger partial charge < -0.3 is 9.64 Å². The monoisotopic (exact) mass is 305 g/mol. The van der Waals surface area contributed by atoms with Crippen LogP contribution in [0.1, 0.15) is 12.0 Å². The molecule has 0 spiro atoms. The Morgan fingerprint density at radius 1 is 1.32 bits per heavy atom. The molecule has 1 rings (SSSR count). The molecule has 106 valence electrons. The molecule has 0 aliphatic carbocycles. The molecule has 0 atom stereocenters. The first-order chi connectivity index (χ1) is 8.88. The van der Waals surface area contributed by atoms with Crippen LogP contribution in [0.4, 0.5) is 4.79 Å². The molecule has 5 nitrogen and oxygen atoms in total. The maximum atomic E-state index is 11.6. The first-order valence-corrected chi connectivity index (χ1v) is 8.20. The minimum Gasteiger partial charge on any atom is -0.445 e. The third-order valence-corrected chi connectivity index (χ3v) is 3.64. The van der Waals surface area contributed by atoms with Gasteiger partial charge in [-0.05, 0) is 12.0 Å². The highest BCUT2D eigenvalue weighted by molar-refractivity contribution is 8.13. The Morgan fingerprint density at radius 2 is 1.95 bits per heavy atom. The summed E-state index contributed by atoms with van der Waals surface area (Å²) in [4.78, 5) is 12.9. The topological polar surface area (TPSA) is 63.7 Å². The molecule has 0 saturated carbocycles. The predicted molar refractivity (Wildman–Crippen MR) is 73.5 cm³/mol. The summed E-state index contributed by atoms with van der Waals surface area (Å²) in [5.74, 6) is -0.162. The molecule has 19 heavy (non-hydrogen) atoms. The van der Waals surface area contributed by atoms with Gasteiger partial charge in [0.15, 0.2) is 0 Å². The second-order valence-corrected chi connectivity index (χ2v) is 6.95. The van der Waals surface area contributed by atoms with Crippen molar-refractivity contribution < 1.29 is 17.9 Å². The number of amides is 1. The van der Waals surface area contributed by atoms with Crippen molar-refractivity contribution in [2.75, 3.05) is 19.3 Å². The van der Waals surface area contributed by atoms with Gasteiger partial charge in [-0.2, -0.15) is 0 Å². The fourth-order valence-electron chi connectivity index (χ4n) is 1.39. The molecule has 0 saturated heterocycles. The summed E-state index contributed by atoms with van der Waals surface area (Å²) in [6, 6.07) is 9.31. The third kappa shape index (κ3) is 7.03. The summed E-state index contributed by atoms with van der Waals surface area (Å²) < 4.78 is 26.5. The summed E-state index contributed by atoms with van der Waals surface area (Å²) in [7, 11) is 3.12. The summed E-state index contributed by atoms with van der Waals surface area (Å²) >= 11 is 0. The van der Waals surface area contributed by atoms with E-state index in [0.717, 1.165) is 5.56 Å². The van der Waals surface area contributed by atoms with Crippen LogP contribution in [0, 0.1) is 0 Å². The smallest absolute Gasteiger partial charge is 0.409 e. The zero-order valence-corrected chi connectivity index (χ0v) is 12.2. The zero-order chi connectivity index (χ0) is 14.3. The molecule has 0 fully saturated rings. The number of carbonyl (C=O) groups excluding carboxylic acids is 1. The van der Waals surface area contributed by atoms with Crippen molar-refractivity contribution in [3.8, 4) is 0 Å². The van der Waals surface area contributed by atoms with Crippen LogP contribution in [0.15, 0.2) is 30.3 Å². The van der Waals surface area contributed by atoms with Gasteiger partial charge in [-0.25, -0.2) is 13.2 Å². The van der Waals surface area contributed by atoms with E-state index in [0.29, 0.717) is 0 Å². The van der Waals surface area contributed by atoms with Gasteiger partial charge in [-0.1, -0.05) is 30.3 Å². The molecule has 0 aromatic heterocycles. The Kier molecular flexibility index (Phi) is 6.11. The minimum atomic E-state index is -3.51. The number of rotatable bonds is 6. The van der Waals surface area contributed by atoms with E-state index in [1.807, 2.05) is 30.3 Å². The molecule has 0 bridgehead atoms. The van der Waals surface area contributed by atoms with Crippen molar-refractivity contribution in [1.29, 1.82) is 0 Å². The van der Waals surface area contributed by atoms with Crippen molar-refractivity contribution in [2.24, 2.45) is 0 Å². The molecule has 0 heterocycles. The zero-order valence-electron chi connectivity index (χ0n) is 10.6. The standard InChI is InChI=1S/C12H16ClNO4S/c1-14(8-5-9-19(13,16)17)12(15)18-10-11-6-3-2-4-7-11/h2-4,6-7H,5,8-10H2,1H3. The molecular weight excluding hydrogens is 290 g/mol. The summed E-state index contributed by atoms with van der Waals surface area (Å²) in [6.07, 6.45) is -0.209. The van der Waals surface area contributed by atoms with Gasteiger partial charge in [0.1, 0.15) is 6.61 Å².